The van der Waals surface area contributed by atoms with Gasteiger partial charge in [0.25, 0.3) is 0 Å². The molecular weight excluding hydrogens is 208 g/mol. The predicted molar refractivity (Wildman–Crippen MR) is 61.2 cm³/mol. The average Bonchev–Trinajstić information content (AvgIpc) is 2.17. The number of benzene rings is 1. The monoisotopic (exact) mass is 224 g/mol. The van der Waals surface area contributed by atoms with E-state index in [1.807, 2.05) is 25.7 Å². The molecule has 0 N–H and O–H groups in total. The van der Waals surface area contributed by atoms with Crippen molar-refractivity contribution in [1.82, 2.24) is 0 Å². The van der Waals surface area contributed by atoms with E-state index in [2.05, 4.69) is 0 Å². The normalized spacial score (nSPS) is 11.1. The van der Waals surface area contributed by atoms with Crippen LogP contribution >= 0.6 is 0 Å². The molecule has 0 aliphatic rings. The van der Waals surface area contributed by atoms with Crippen LogP contribution < -0.4 is 0 Å². The zero-order chi connectivity index (χ0) is 11.3. The predicted octanol–water partition coefficient (Wildman–Crippen LogP) is 2.65. The number of rotatable bonds is 4. The molecule has 1 rings (SSSR count). The van der Waals surface area contributed by atoms with E-state index < -0.39 is 8.32 Å². The summed E-state index contributed by atoms with van der Waals surface area (Å²) in [6.07, 6.45) is 0. The topological polar surface area (TPSA) is 35.5 Å². The summed E-state index contributed by atoms with van der Waals surface area (Å²) >= 11 is 0. The van der Waals surface area contributed by atoms with Crippen molar-refractivity contribution in [2.45, 2.75) is 19.6 Å². The van der Waals surface area contributed by atoms with Gasteiger partial charge in [-0.25, -0.2) is 4.79 Å². The number of hydrogen-bond donors (Lipinski definition) is 0. The van der Waals surface area contributed by atoms with Gasteiger partial charge in [-0.3, -0.25) is 0 Å². The van der Waals surface area contributed by atoms with Gasteiger partial charge in [0.05, 0.1) is 5.56 Å². The van der Waals surface area contributed by atoms with E-state index in [4.69, 9.17) is 9.16 Å². The largest absolute Gasteiger partial charge is 0.436 e. The third kappa shape index (κ3) is 4.76. The molecule has 0 aliphatic heterocycles. The van der Waals surface area contributed by atoms with Crippen LogP contribution in [0.2, 0.25) is 19.6 Å². The van der Waals surface area contributed by atoms with Crippen LogP contribution in [0.3, 0.4) is 0 Å². The molecule has 0 aliphatic carbocycles. The Morgan fingerprint density at radius 1 is 1.20 bits per heavy atom. The summed E-state index contributed by atoms with van der Waals surface area (Å²) < 4.78 is 10.4. The minimum Gasteiger partial charge on any atom is -0.436 e. The lowest BCUT2D eigenvalue weighted by atomic mass is 10.2. The minimum absolute atomic E-state index is 0.0451. The van der Waals surface area contributed by atoms with Crippen molar-refractivity contribution in [3.8, 4) is 0 Å². The Balaban J connectivity index is 2.38. The SMILES string of the molecule is C[Si](C)(C)OCOC(=O)c1ccccc1. The first kappa shape index (κ1) is 11.9. The molecule has 3 nitrogen and oxygen atoms in total. The fraction of sp³-hybridized carbons (Fsp3) is 0.364. The highest BCUT2D eigenvalue weighted by atomic mass is 28.4. The van der Waals surface area contributed by atoms with E-state index in [-0.39, 0.29) is 12.8 Å². The number of carbonyl (C=O) groups excluding carboxylic acids is 1. The third-order valence-electron chi connectivity index (χ3n) is 1.69. The molecule has 0 heterocycles. The molecule has 15 heavy (non-hydrogen) atoms. The van der Waals surface area contributed by atoms with Crippen LogP contribution in [0.25, 0.3) is 0 Å². The van der Waals surface area contributed by atoms with Gasteiger partial charge in [0.1, 0.15) is 0 Å². The summed E-state index contributed by atoms with van der Waals surface area (Å²) in [5.74, 6) is -0.339. The highest BCUT2D eigenvalue weighted by Crippen LogP contribution is 2.05. The summed E-state index contributed by atoms with van der Waals surface area (Å²) in [5, 5.41) is 0. The van der Waals surface area contributed by atoms with Crippen molar-refractivity contribution in [1.29, 1.82) is 0 Å². The van der Waals surface area contributed by atoms with Crippen molar-refractivity contribution < 1.29 is 14.0 Å². The molecule has 0 radical (unpaired) electrons. The molecule has 0 aromatic heterocycles. The molecule has 4 heteroatoms. The summed E-state index contributed by atoms with van der Waals surface area (Å²) in [5.41, 5.74) is 0.552. The summed E-state index contributed by atoms with van der Waals surface area (Å²) in [6, 6.07) is 8.90. The molecule has 0 saturated heterocycles. The molecule has 1 aromatic carbocycles. The molecule has 0 saturated carbocycles. The highest BCUT2D eigenvalue weighted by molar-refractivity contribution is 6.69. The van der Waals surface area contributed by atoms with Crippen molar-refractivity contribution >= 4 is 14.3 Å². The molecule has 1 aromatic rings. The Morgan fingerprint density at radius 2 is 1.80 bits per heavy atom. The van der Waals surface area contributed by atoms with Gasteiger partial charge in [-0.1, -0.05) is 18.2 Å². The molecule has 0 spiro atoms. The lowest BCUT2D eigenvalue weighted by molar-refractivity contribution is 0.0131. The molecule has 0 unspecified atom stereocenters. The lowest BCUT2D eigenvalue weighted by Crippen LogP contribution is -2.27. The van der Waals surface area contributed by atoms with E-state index in [0.29, 0.717) is 5.56 Å². The number of hydrogen-bond acceptors (Lipinski definition) is 3. The van der Waals surface area contributed by atoms with Crippen molar-refractivity contribution in [3.05, 3.63) is 35.9 Å². The van der Waals surface area contributed by atoms with Gasteiger partial charge in [-0.15, -0.1) is 0 Å². The quantitative estimate of drug-likeness (QED) is 0.448. The Bertz CT molecular complexity index is 316. The van der Waals surface area contributed by atoms with E-state index in [0.717, 1.165) is 0 Å². The van der Waals surface area contributed by atoms with Crippen LogP contribution in [0.15, 0.2) is 30.3 Å². The highest BCUT2D eigenvalue weighted by Gasteiger charge is 2.15. The second kappa shape index (κ2) is 5.09. The molecule has 0 fully saturated rings. The summed E-state index contributed by atoms with van der Waals surface area (Å²) in [6.45, 7) is 6.18. The smallest absolute Gasteiger partial charge is 0.340 e. The Morgan fingerprint density at radius 3 is 2.33 bits per heavy atom. The minimum atomic E-state index is -1.60. The first-order valence-corrected chi connectivity index (χ1v) is 8.26. The van der Waals surface area contributed by atoms with E-state index >= 15 is 0 Å². The van der Waals surface area contributed by atoms with Crippen LogP contribution in [-0.2, 0) is 9.16 Å². The van der Waals surface area contributed by atoms with Crippen LogP contribution in [0, 0.1) is 0 Å². The molecule has 0 amide bonds. The zero-order valence-corrected chi connectivity index (χ0v) is 10.3. The lowest BCUT2D eigenvalue weighted by Gasteiger charge is -2.16. The maximum atomic E-state index is 11.4. The van der Waals surface area contributed by atoms with E-state index in [9.17, 15) is 4.79 Å². The van der Waals surface area contributed by atoms with Crippen molar-refractivity contribution in [2.75, 3.05) is 6.79 Å². The first-order valence-electron chi connectivity index (χ1n) is 4.85. The van der Waals surface area contributed by atoms with Crippen molar-refractivity contribution in [2.24, 2.45) is 0 Å². The number of carbonyl (C=O) groups is 1. The summed E-state index contributed by atoms with van der Waals surface area (Å²) in [4.78, 5) is 11.4. The van der Waals surface area contributed by atoms with Gasteiger partial charge in [0, 0.05) is 0 Å². The second-order valence-electron chi connectivity index (χ2n) is 4.17. The molecule has 82 valence electrons. The fourth-order valence-corrected chi connectivity index (χ4v) is 1.33. The maximum Gasteiger partial charge on any atom is 0.340 e. The van der Waals surface area contributed by atoms with Gasteiger partial charge < -0.3 is 9.16 Å². The maximum absolute atomic E-state index is 11.4. The molecular formula is C11H16O3Si. The van der Waals surface area contributed by atoms with Gasteiger partial charge in [0.15, 0.2) is 15.1 Å². The Kier molecular flexibility index (Phi) is 4.05. The Labute approximate surface area is 91.1 Å². The first-order chi connectivity index (χ1) is 6.99. The van der Waals surface area contributed by atoms with Gasteiger partial charge >= 0.3 is 5.97 Å². The zero-order valence-electron chi connectivity index (χ0n) is 9.32. The number of ether oxygens (including phenoxy) is 1. The van der Waals surface area contributed by atoms with E-state index in [1.165, 1.54) is 0 Å². The van der Waals surface area contributed by atoms with Gasteiger partial charge in [0.2, 0.25) is 0 Å². The van der Waals surface area contributed by atoms with Gasteiger partial charge in [-0.05, 0) is 31.8 Å². The van der Waals surface area contributed by atoms with Crippen LogP contribution in [-0.4, -0.2) is 21.1 Å². The van der Waals surface area contributed by atoms with Gasteiger partial charge in [-0.2, -0.15) is 0 Å². The standard InChI is InChI=1S/C11H16O3Si/c1-15(2,3)14-9-13-11(12)10-7-5-4-6-8-10/h4-8H,9H2,1-3H3. The summed E-state index contributed by atoms with van der Waals surface area (Å²) in [7, 11) is -1.60. The number of esters is 1. The van der Waals surface area contributed by atoms with Crippen LogP contribution in [0.1, 0.15) is 10.4 Å². The second-order valence-corrected chi connectivity index (χ2v) is 8.69. The van der Waals surface area contributed by atoms with Crippen molar-refractivity contribution in [3.63, 3.8) is 0 Å². The van der Waals surface area contributed by atoms with Crippen LogP contribution in [0.4, 0.5) is 0 Å². The third-order valence-corrected chi connectivity index (χ3v) is 2.68. The fourth-order valence-electron chi connectivity index (χ4n) is 0.917. The van der Waals surface area contributed by atoms with E-state index in [1.54, 1.807) is 24.3 Å². The average molecular weight is 224 g/mol. The molecule has 0 bridgehead atoms. The van der Waals surface area contributed by atoms with Crippen LogP contribution in [0.5, 0.6) is 0 Å². The molecule has 0 atom stereocenters. The Hall–Kier alpha value is -1.13.